The lowest BCUT2D eigenvalue weighted by atomic mass is 10.1. The van der Waals surface area contributed by atoms with Crippen molar-refractivity contribution in [3.63, 3.8) is 0 Å². The number of benzene rings is 1. The average molecular weight is 452 g/mol. The summed E-state index contributed by atoms with van der Waals surface area (Å²) >= 11 is 1.56. The number of hydrogen-bond donors (Lipinski definition) is 0. The number of nitrogens with zero attached hydrogens (tertiary/aromatic N) is 3. The predicted molar refractivity (Wildman–Crippen MR) is 124 cm³/mol. The summed E-state index contributed by atoms with van der Waals surface area (Å²) in [5, 5.41) is 0.824. The summed E-state index contributed by atoms with van der Waals surface area (Å²) in [6, 6.07) is 10.6. The van der Waals surface area contributed by atoms with Gasteiger partial charge >= 0.3 is 5.97 Å². The maximum Gasteiger partial charge on any atom is 0.328 e. The van der Waals surface area contributed by atoms with Crippen molar-refractivity contribution in [2.45, 2.75) is 46.3 Å². The number of hydrogen-bond acceptors (Lipinski definition) is 7. The fourth-order valence-corrected chi connectivity index (χ4v) is 4.51. The van der Waals surface area contributed by atoms with Crippen molar-refractivity contribution >= 4 is 28.9 Å². The third-order valence-electron chi connectivity index (χ3n) is 5.24. The van der Waals surface area contributed by atoms with E-state index in [1.54, 1.807) is 31.4 Å². The maximum atomic E-state index is 13.0. The van der Waals surface area contributed by atoms with Crippen LogP contribution in [0, 0.1) is 6.92 Å². The Hall–Kier alpha value is -3.26. The molecule has 1 aliphatic heterocycles. The molecule has 0 aliphatic carbocycles. The van der Waals surface area contributed by atoms with E-state index in [9.17, 15) is 9.59 Å². The van der Waals surface area contributed by atoms with Crippen molar-refractivity contribution in [2.24, 2.45) is 0 Å². The zero-order valence-electron chi connectivity index (χ0n) is 18.5. The van der Waals surface area contributed by atoms with Crippen molar-refractivity contribution in [1.29, 1.82) is 0 Å². The van der Waals surface area contributed by atoms with Gasteiger partial charge in [0.15, 0.2) is 6.10 Å². The summed E-state index contributed by atoms with van der Waals surface area (Å²) in [5.41, 5.74) is 3.00. The lowest BCUT2D eigenvalue weighted by Gasteiger charge is -2.36. The number of rotatable bonds is 6. The Morgan fingerprint density at radius 1 is 1.31 bits per heavy atom. The first-order chi connectivity index (χ1) is 15.4. The van der Waals surface area contributed by atoms with Gasteiger partial charge in [0, 0.05) is 16.6 Å². The quantitative estimate of drug-likeness (QED) is 0.508. The third-order valence-corrected chi connectivity index (χ3v) is 6.23. The second-order valence-electron chi connectivity index (χ2n) is 7.63. The van der Waals surface area contributed by atoms with Crippen LogP contribution in [-0.4, -0.2) is 40.6 Å². The largest absolute Gasteiger partial charge is 0.479 e. The Bertz CT molecular complexity index is 1150. The van der Waals surface area contributed by atoms with E-state index in [2.05, 4.69) is 4.98 Å². The van der Waals surface area contributed by atoms with Gasteiger partial charge in [0.2, 0.25) is 0 Å². The van der Waals surface area contributed by atoms with Crippen molar-refractivity contribution in [3.05, 3.63) is 47.5 Å². The summed E-state index contributed by atoms with van der Waals surface area (Å²) in [5.74, 6) is -0.165. The van der Waals surface area contributed by atoms with E-state index >= 15 is 0 Å². The fraction of sp³-hybridized carbons (Fsp3) is 0.333. The van der Waals surface area contributed by atoms with Gasteiger partial charge in [-0.05, 0) is 57.5 Å². The van der Waals surface area contributed by atoms with Crippen LogP contribution in [0.4, 0.5) is 5.69 Å². The van der Waals surface area contributed by atoms with Gasteiger partial charge in [0.05, 0.1) is 23.7 Å². The Labute approximate surface area is 191 Å². The lowest BCUT2D eigenvalue weighted by Crippen LogP contribution is -2.52. The van der Waals surface area contributed by atoms with E-state index < -0.39 is 18.1 Å². The highest BCUT2D eigenvalue weighted by molar-refractivity contribution is 7.15. The first-order valence-corrected chi connectivity index (χ1v) is 11.4. The van der Waals surface area contributed by atoms with Crippen LogP contribution in [0.1, 0.15) is 32.1 Å². The van der Waals surface area contributed by atoms with Crippen molar-refractivity contribution in [1.82, 2.24) is 9.97 Å². The molecule has 2 unspecified atom stereocenters. The number of fused-ring (bicyclic) bond motifs is 1. The molecule has 0 saturated heterocycles. The van der Waals surface area contributed by atoms with Crippen LogP contribution in [0.5, 0.6) is 5.75 Å². The van der Waals surface area contributed by atoms with E-state index in [1.807, 2.05) is 50.2 Å². The number of aryl methyl sites for hydroxylation is 1. The topological polar surface area (TPSA) is 81.6 Å². The normalized spacial score (nSPS) is 16.3. The molecule has 1 aliphatic rings. The lowest BCUT2D eigenvalue weighted by molar-refractivity contribution is -0.146. The molecule has 0 saturated carbocycles. The molecular formula is C24H25N3O4S. The second kappa shape index (κ2) is 9.08. The van der Waals surface area contributed by atoms with Crippen LogP contribution < -0.4 is 9.64 Å². The van der Waals surface area contributed by atoms with Gasteiger partial charge in [-0.1, -0.05) is 13.0 Å². The average Bonchev–Trinajstić information content (AvgIpc) is 3.20. The second-order valence-corrected chi connectivity index (χ2v) is 8.84. The minimum Gasteiger partial charge on any atom is -0.479 e. The van der Waals surface area contributed by atoms with Gasteiger partial charge in [-0.3, -0.25) is 14.7 Å². The van der Waals surface area contributed by atoms with Crippen molar-refractivity contribution < 1.29 is 19.1 Å². The number of aromatic nitrogens is 2. The Morgan fingerprint density at radius 2 is 2.12 bits per heavy atom. The summed E-state index contributed by atoms with van der Waals surface area (Å²) in [4.78, 5) is 37.2. The molecule has 0 fully saturated rings. The van der Waals surface area contributed by atoms with E-state index in [4.69, 9.17) is 14.5 Å². The molecule has 1 amide bonds. The van der Waals surface area contributed by atoms with Crippen LogP contribution in [0.15, 0.2) is 42.6 Å². The molecule has 4 rings (SSSR count). The van der Waals surface area contributed by atoms with Crippen LogP contribution in [0.2, 0.25) is 0 Å². The molecule has 166 valence electrons. The Morgan fingerprint density at radius 3 is 2.84 bits per heavy atom. The van der Waals surface area contributed by atoms with Crippen LogP contribution >= 0.6 is 11.3 Å². The van der Waals surface area contributed by atoms with Gasteiger partial charge in [-0.25, -0.2) is 9.78 Å². The molecule has 1 aromatic carbocycles. The summed E-state index contributed by atoms with van der Waals surface area (Å²) in [6.45, 7) is 7.61. The summed E-state index contributed by atoms with van der Waals surface area (Å²) < 4.78 is 11.1. The smallest absolute Gasteiger partial charge is 0.328 e. The molecule has 0 N–H and O–H groups in total. The van der Waals surface area contributed by atoms with Crippen molar-refractivity contribution in [3.8, 4) is 27.7 Å². The fourth-order valence-electron chi connectivity index (χ4n) is 3.60. The number of ether oxygens (including phenoxy) is 2. The van der Waals surface area contributed by atoms with Gasteiger partial charge in [-0.15, -0.1) is 11.3 Å². The summed E-state index contributed by atoms with van der Waals surface area (Å²) in [6.07, 6.45) is 1.77. The Balaban J connectivity index is 1.73. The zero-order valence-corrected chi connectivity index (χ0v) is 19.3. The molecule has 7 nitrogen and oxygen atoms in total. The highest BCUT2D eigenvalue weighted by atomic mass is 32.1. The van der Waals surface area contributed by atoms with E-state index in [0.29, 0.717) is 24.5 Å². The number of thiazole rings is 1. The van der Waals surface area contributed by atoms with Crippen LogP contribution in [0.25, 0.3) is 22.0 Å². The number of anilines is 1. The molecule has 2 aromatic heterocycles. The highest BCUT2D eigenvalue weighted by Gasteiger charge is 2.38. The van der Waals surface area contributed by atoms with Gasteiger partial charge < -0.3 is 9.47 Å². The highest BCUT2D eigenvalue weighted by Crippen LogP contribution is 2.40. The van der Waals surface area contributed by atoms with E-state index in [0.717, 1.165) is 26.8 Å². The minimum atomic E-state index is -0.769. The van der Waals surface area contributed by atoms with Gasteiger partial charge in [-0.2, -0.15) is 0 Å². The molecule has 3 heterocycles. The standard InChI is InChI=1S/C24H25N3O4S/c1-5-12-30-24(29)14(2)27-19-13-17(9-10-20(19)31-15(3)23(27)28)21-16(4)32-22(26-21)18-8-6-7-11-25-18/h6-11,13-15H,5,12H2,1-4H3. The molecule has 0 radical (unpaired) electrons. The molecule has 32 heavy (non-hydrogen) atoms. The monoisotopic (exact) mass is 451 g/mol. The number of carbonyl (C=O) groups is 2. The molecule has 3 aromatic rings. The molecule has 0 bridgehead atoms. The third kappa shape index (κ3) is 4.10. The SMILES string of the molecule is CCCOC(=O)C(C)N1C(=O)C(C)Oc2ccc(-c3nc(-c4ccccn4)sc3C)cc21. The maximum absolute atomic E-state index is 13.0. The number of carbonyl (C=O) groups excluding carboxylic acids is 2. The van der Waals surface area contributed by atoms with Crippen molar-refractivity contribution in [2.75, 3.05) is 11.5 Å². The number of pyridine rings is 1. The van der Waals surface area contributed by atoms with Gasteiger partial charge in [0.1, 0.15) is 16.8 Å². The van der Waals surface area contributed by atoms with Crippen LogP contribution in [0.3, 0.4) is 0 Å². The zero-order chi connectivity index (χ0) is 22.8. The Kier molecular flexibility index (Phi) is 6.23. The van der Waals surface area contributed by atoms with Crippen LogP contribution in [-0.2, 0) is 14.3 Å². The molecule has 2 atom stereocenters. The minimum absolute atomic E-state index is 0.278. The molecule has 8 heteroatoms. The summed E-state index contributed by atoms with van der Waals surface area (Å²) in [7, 11) is 0. The molecule has 0 spiro atoms. The van der Waals surface area contributed by atoms with Gasteiger partial charge in [0.25, 0.3) is 5.91 Å². The number of amides is 1. The van der Waals surface area contributed by atoms with E-state index in [-0.39, 0.29) is 5.91 Å². The first-order valence-electron chi connectivity index (χ1n) is 10.6. The van der Waals surface area contributed by atoms with E-state index in [1.165, 1.54) is 4.90 Å². The number of esters is 1. The predicted octanol–water partition coefficient (Wildman–Crippen LogP) is 4.64. The first kappa shape index (κ1) is 22.0. The molecular weight excluding hydrogens is 426 g/mol.